The number of alkyl halides is 2. The van der Waals surface area contributed by atoms with Crippen LogP contribution in [0.5, 0.6) is 0 Å². The first-order valence-corrected chi connectivity index (χ1v) is 5.44. The fourth-order valence-corrected chi connectivity index (χ4v) is 1.39. The van der Waals surface area contributed by atoms with Crippen LogP contribution in [0.4, 0.5) is 13.2 Å². The molecule has 0 aliphatic carbocycles. The van der Waals surface area contributed by atoms with E-state index in [-0.39, 0.29) is 29.6 Å². The highest BCUT2D eigenvalue weighted by molar-refractivity contribution is 6.30. The van der Waals surface area contributed by atoms with Crippen molar-refractivity contribution in [3.63, 3.8) is 0 Å². The number of nitrogens with two attached hydrogens (primary N) is 1. The Morgan fingerprint density at radius 1 is 1.53 bits per heavy atom. The predicted molar refractivity (Wildman–Crippen MR) is 67.2 cm³/mol. The molecule has 1 atom stereocenters. The van der Waals surface area contributed by atoms with Gasteiger partial charge in [-0.25, -0.2) is 9.18 Å². The summed E-state index contributed by atoms with van der Waals surface area (Å²) in [6, 6.07) is 0.986. The lowest BCUT2D eigenvalue weighted by atomic mass is 10.0. The molecule has 0 aromatic heterocycles. The molecular weight excluding hydrogens is 306 g/mol. The van der Waals surface area contributed by atoms with Crippen molar-refractivity contribution in [1.29, 1.82) is 0 Å². The maximum atomic E-state index is 13.6. The molecule has 0 spiro atoms. The van der Waals surface area contributed by atoms with Gasteiger partial charge in [0.15, 0.2) is 0 Å². The summed E-state index contributed by atoms with van der Waals surface area (Å²) in [5.41, 5.74) is 5.02. The van der Waals surface area contributed by atoms with Gasteiger partial charge in [-0.3, -0.25) is 0 Å². The van der Waals surface area contributed by atoms with E-state index in [0.717, 1.165) is 18.2 Å². The fraction of sp³-hybridized carbons (Fsp3) is 0.364. The molecule has 0 bridgehead atoms. The summed E-state index contributed by atoms with van der Waals surface area (Å²) in [6.07, 6.45) is 0. The Morgan fingerprint density at radius 2 is 2.11 bits per heavy atom. The van der Waals surface area contributed by atoms with E-state index in [2.05, 4.69) is 4.74 Å². The predicted octanol–water partition coefficient (Wildman–Crippen LogP) is 3.10. The standard InChI is InChI=1S/C11H11ClF3NO2.ClH/c1-2-18-10(17)11(14,15)9(16)6-3-4-7(12)8(13)5-6;/h3-5,9H,2,16H2,1H3;1H/t9-;/m1./s1. The molecule has 0 aliphatic heterocycles. The maximum absolute atomic E-state index is 13.6. The minimum Gasteiger partial charge on any atom is -0.462 e. The van der Waals surface area contributed by atoms with Crippen LogP contribution in [0.1, 0.15) is 18.5 Å². The number of hydrogen-bond acceptors (Lipinski definition) is 3. The smallest absolute Gasteiger partial charge is 0.379 e. The Kier molecular flexibility index (Phi) is 6.62. The molecule has 0 radical (unpaired) electrons. The molecule has 8 heteroatoms. The van der Waals surface area contributed by atoms with Gasteiger partial charge in [-0.1, -0.05) is 17.7 Å². The average molecular weight is 318 g/mol. The van der Waals surface area contributed by atoms with Crippen molar-refractivity contribution in [1.82, 2.24) is 0 Å². The number of benzene rings is 1. The zero-order chi connectivity index (χ0) is 13.9. The number of halogens is 5. The average Bonchev–Trinajstić information content (AvgIpc) is 2.32. The van der Waals surface area contributed by atoms with Crippen LogP contribution in [0.2, 0.25) is 5.02 Å². The van der Waals surface area contributed by atoms with Crippen molar-refractivity contribution in [2.75, 3.05) is 6.61 Å². The summed E-state index contributed by atoms with van der Waals surface area (Å²) in [4.78, 5) is 11.1. The molecule has 1 aromatic rings. The summed E-state index contributed by atoms with van der Waals surface area (Å²) in [5, 5.41) is -0.217. The van der Waals surface area contributed by atoms with E-state index in [1.54, 1.807) is 0 Å². The molecule has 0 amide bonds. The minimum absolute atomic E-state index is 0. The molecule has 0 heterocycles. The summed E-state index contributed by atoms with van der Waals surface area (Å²) in [5.74, 6) is -6.56. The largest absolute Gasteiger partial charge is 0.462 e. The van der Waals surface area contributed by atoms with E-state index in [1.165, 1.54) is 6.92 Å². The van der Waals surface area contributed by atoms with Crippen LogP contribution in [0, 0.1) is 5.82 Å². The van der Waals surface area contributed by atoms with Crippen molar-refractivity contribution in [3.05, 3.63) is 34.6 Å². The first-order valence-electron chi connectivity index (χ1n) is 5.06. The Labute approximate surface area is 119 Å². The number of carbonyl (C=O) groups excluding carboxylic acids is 1. The zero-order valence-corrected chi connectivity index (χ0v) is 11.4. The Hall–Kier alpha value is -0.980. The van der Waals surface area contributed by atoms with Crippen LogP contribution >= 0.6 is 24.0 Å². The first-order chi connectivity index (χ1) is 8.30. The molecule has 0 fully saturated rings. The monoisotopic (exact) mass is 317 g/mol. The van der Waals surface area contributed by atoms with Gasteiger partial charge >= 0.3 is 11.9 Å². The number of carbonyl (C=O) groups is 1. The second-order valence-corrected chi connectivity index (χ2v) is 3.90. The molecule has 1 aromatic carbocycles. The molecule has 108 valence electrons. The third kappa shape index (κ3) is 3.99. The highest BCUT2D eigenvalue weighted by Crippen LogP contribution is 2.31. The third-order valence-electron chi connectivity index (χ3n) is 2.24. The molecule has 2 N–H and O–H groups in total. The van der Waals surface area contributed by atoms with Gasteiger partial charge in [-0.05, 0) is 24.6 Å². The van der Waals surface area contributed by atoms with Crippen LogP contribution in [0.25, 0.3) is 0 Å². The van der Waals surface area contributed by atoms with Gasteiger partial charge in [0.2, 0.25) is 0 Å². The Morgan fingerprint density at radius 3 is 2.58 bits per heavy atom. The highest BCUT2D eigenvalue weighted by atomic mass is 35.5. The van der Waals surface area contributed by atoms with E-state index in [1.807, 2.05) is 0 Å². The van der Waals surface area contributed by atoms with Crippen LogP contribution in [0.15, 0.2) is 18.2 Å². The molecule has 0 saturated carbocycles. The molecule has 1 rings (SSSR count). The summed E-state index contributed by atoms with van der Waals surface area (Å²) in [6.45, 7) is 1.19. The molecule has 0 saturated heterocycles. The summed E-state index contributed by atoms with van der Waals surface area (Å²) >= 11 is 5.42. The van der Waals surface area contributed by atoms with E-state index >= 15 is 0 Å². The van der Waals surface area contributed by atoms with Gasteiger partial charge in [0.1, 0.15) is 11.9 Å². The molecule has 0 unspecified atom stereocenters. The number of hydrogen-bond donors (Lipinski definition) is 1. The van der Waals surface area contributed by atoms with Crippen LogP contribution < -0.4 is 5.73 Å². The van der Waals surface area contributed by atoms with Crippen LogP contribution in [0.3, 0.4) is 0 Å². The van der Waals surface area contributed by atoms with Gasteiger partial charge in [0.05, 0.1) is 11.6 Å². The van der Waals surface area contributed by atoms with Crippen molar-refractivity contribution < 1.29 is 22.7 Å². The topological polar surface area (TPSA) is 52.3 Å². The number of ether oxygens (including phenoxy) is 1. The zero-order valence-electron chi connectivity index (χ0n) is 9.83. The SMILES string of the molecule is CCOC(=O)C(F)(F)[C@H](N)c1ccc(Cl)c(F)c1.Cl. The van der Waals surface area contributed by atoms with Gasteiger partial charge in [-0.2, -0.15) is 8.78 Å². The summed E-state index contributed by atoms with van der Waals surface area (Å²) in [7, 11) is 0. The molecular formula is C11H12Cl2F3NO2. The quantitative estimate of drug-likeness (QED) is 0.868. The lowest BCUT2D eigenvalue weighted by molar-refractivity contribution is -0.174. The second kappa shape index (κ2) is 6.98. The van der Waals surface area contributed by atoms with Crippen molar-refractivity contribution in [2.24, 2.45) is 5.73 Å². The maximum Gasteiger partial charge on any atom is 0.379 e. The van der Waals surface area contributed by atoms with Crippen molar-refractivity contribution >= 4 is 30.0 Å². The number of rotatable bonds is 4. The van der Waals surface area contributed by atoms with Crippen LogP contribution in [-0.2, 0) is 9.53 Å². The van der Waals surface area contributed by atoms with Gasteiger partial charge in [0, 0.05) is 0 Å². The highest BCUT2D eigenvalue weighted by Gasteiger charge is 2.47. The van der Waals surface area contributed by atoms with Crippen LogP contribution in [-0.4, -0.2) is 18.5 Å². The number of esters is 1. The second-order valence-electron chi connectivity index (χ2n) is 3.49. The normalized spacial score (nSPS) is 12.5. The van der Waals surface area contributed by atoms with E-state index < -0.39 is 23.8 Å². The molecule has 0 aliphatic rings. The Balaban J connectivity index is 0.00000324. The summed E-state index contributed by atoms with van der Waals surface area (Å²) < 4.78 is 44.5. The van der Waals surface area contributed by atoms with Gasteiger partial charge in [0.25, 0.3) is 0 Å². The van der Waals surface area contributed by atoms with Gasteiger partial charge in [-0.15, -0.1) is 12.4 Å². The Bertz CT molecular complexity index is 458. The van der Waals surface area contributed by atoms with E-state index in [0.29, 0.717) is 0 Å². The third-order valence-corrected chi connectivity index (χ3v) is 2.55. The first kappa shape index (κ1) is 18.0. The molecule has 3 nitrogen and oxygen atoms in total. The van der Waals surface area contributed by atoms with Gasteiger partial charge < -0.3 is 10.5 Å². The minimum atomic E-state index is -3.93. The lowest BCUT2D eigenvalue weighted by Gasteiger charge is -2.21. The van der Waals surface area contributed by atoms with E-state index in [9.17, 15) is 18.0 Å². The lowest BCUT2D eigenvalue weighted by Crippen LogP contribution is -2.41. The van der Waals surface area contributed by atoms with Crippen molar-refractivity contribution in [2.45, 2.75) is 18.9 Å². The fourth-order valence-electron chi connectivity index (χ4n) is 1.27. The van der Waals surface area contributed by atoms with E-state index in [4.69, 9.17) is 17.3 Å². The molecule has 19 heavy (non-hydrogen) atoms. The van der Waals surface area contributed by atoms with Crippen molar-refractivity contribution in [3.8, 4) is 0 Å².